The second kappa shape index (κ2) is 6.72. The van der Waals surface area contributed by atoms with Crippen molar-refractivity contribution in [3.8, 4) is 0 Å². The van der Waals surface area contributed by atoms with Crippen LogP contribution in [0.25, 0.3) is 0 Å². The normalized spacial score (nSPS) is 10.3. The van der Waals surface area contributed by atoms with Gasteiger partial charge in [-0.1, -0.05) is 28.1 Å². The number of hydrogen-bond acceptors (Lipinski definition) is 2. The third-order valence-corrected chi connectivity index (χ3v) is 3.88. The fourth-order valence-corrected chi connectivity index (χ4v) is 2.20. The van der Waals surface area contributed by atoms with Crippen molar-refractivity contribution in [2.45, 2.75) is 20.4 Å². The van der Waals surface area contributed by atoms with Gasteiger partial charge in [-0.3, -0.25) is 4.79 Å². The molecule has 0 fully saturated rings. The van der Waals surface area contributed by atoms with Gasteiger partial charge >= 0.3 is 0 Å². The van der Waals surface area contributed by atoms with Gasteiger partial charge in [-0.25, -0.2) is 4.39 Å². The van der Waals surface area contributed by atoms with Gasteiger partial charge in [0.15, 0.2) is 0 Å². The highest BCUT2D eigenvalue weighted by Gasteiger charge is 2.05. The molecule has 3 nitrogen and oxygen atoms in total. The summed E-state index contributed by atoms with van der Waals surface area (Å²) >= 11 is 3.45. The quantitative estimate of drug-likeness (QED) is 0.854. The topological polar surface area (TPSA) is 41.1 Å². The molecule has 0 saturated heterocycles. The van der Waals surface area contributed by atoms with E-state index >= 15 is 0 Å². The number of rotatable bonds is 4. The van der Waals surface area contributed by atoms with Crippen LogP contribution in [0, 0.1) is 12.7 Å². The lowest BCUT2D eigenvalue weighted by Gasteiger charge is -2.11. The maximum Gasteiger partial charge on any atom is 0.221 e. The van der Waals surface area contributed by atoms with Crippen molar-refractivity contribution in [1.82, 2.24) is 0 Å². The summed E-state index contributed by atoms with van der Waals surface area (Å²) in [6, 6.07) is 10.4. The summed E-state index contributed by atoms with van der Waals surface area (Å²) in [5.74, 6) is -0.533. The van der Waals surface area contributed by atoms with Gasteiger partial charge in [0.05, 0.1) is 5.69 Å². The lowest BCUT2D eigenvalue weighted by atomic mass is 10.1. The highest BCUT2D eigenvalue weighted by atomic mass is 79.9. The van der Waals surface area contributed by atoms with Crippen LogP contribution in [0.5, 0.6) is 0 Å². The zero-order chi connectivity index (χ0) is 15.4. The van der Waals surface area contributed by atoms with E-state index in [9.17, 15) is 9.18 Å². The second-order valence-electron chi connectivity index (χ2n) is 4.81. The van der Waals surface area contributed by atoms with E-state index in [1.807, 2.05) is 25.1 Å². The van der Waals surface area contributed by atoms with E-state index in [2.05, 4.69) is 26.6 Å². The molecule has 0 atom stereocenters. The molecule has 5 heteroatoms. The van der Waals surface area contributed by atoms with E-state index in [0.29, 0.717) is 17.9 Å². The van der Waals surface area contributed by atoms with E-state index in [4.69, 9.17) is 0 Å². The number of halogens is 2. The molecule has 0 bridgehead atoms. The Morgan fingerprint density at radius 1 is 1.24 bits per heavy atom. The van der Waals surface area contributed by atoms with Gasteiger partial charge in [-0.2, -0.15) is 0 Å². The van der Waals surface area contributed by atoms with Crippen LogP contribution in [0.1, 0.15) is 18.1 Å². The summed E-state index contributed by atoms with van der Waals surface area (Å²) in [7, 11) is 0. The minimum Gasteiger partial charge on any atom is -0.379 e. The fourth-order valence-electron chi connectivity index (χ4n) is 1.96. The highest BCUT2D eigenvalue weighted by Crippen LogP contribution is 2.22. The van der Waals surface area contributed by atoms with Gasteiger partial charge in [-0.05, 0) is 42.3 Å². The molecule has 0 unspecified atom stereocenters. The van der Waals surface area contributed by atoms with E-state index in [1.54, 1.807) is 6.07 Å². The Bertz CT molecular complexity index is 673. The number of nitrogens with one attached hydrogen (secondary N) is 2. The molecule has 0 spiro atoms. The van der Waals surface area contributed by atoms with E-state index in [0.717, 1.165) is 15.6 Å². The maximum atomic E-state index is 13.8. The number of carbonyl (C=O) groups excluding carboxylic acids is 1. The van der Waals surface area contributed by atoms with Gasteiger partial charge in [0.2, 0.25) is 5.91 Å². The number of carbonyl (C=O) groups is 1. The predicted molar refractivity (Wildman–Crippen MR) is 86.9 cm³/mol. The number of aryl methyl sites for hydroxylation is 1. The molecule has 2 aromatic rings. The van der Waals surface area contributed by atoms with Gasteiger partial charge < -0.3 is 10.6 Å². The molecule has 0 heterocycles. The lowest BCUT2D eigenvalue weighted by Crippen LogP contribution is -2.07. The predicted octanol–water partition coefficient (Wildman–Crippen LogP) is 4.47. The monoisotopic (exact) mass is 350 g/mol. The molecule has 0 aliphatic rings. The van der Waals surface area contributed by atoms with Crippen molar-refractivity contribution in [3.05, 3.63) is 57.8 Å². The molecule has 2 aromatic carbocycles. The molecule has 110 valence electrons. The Morgan fingerprint density at radius 3 is 2.67 bits per heavy atom. The van der Waals surface area contributed by atoms with E-state index in [1.165, 1.54) is 19.1 Å². The SMILES string of the molecule is CC(=O)Nc1ccc(F)c(NCc2ccc(Br)c(C)c2)c1. The molecule has 0 radical (unpaired) electrons. The van der Waals surface area contributed by atoms with Crippen LogP contribution in [0.3, 0.4) is 0 Å². The fraction of sp³-hybridized carbons (Fsp3) is 0.188. The number of hydrogen-bond donors (Lipinski definition) is 2. The summed E-state index contributed by atoms with van der Waals surface area (Å²) in [5.41, 5.74) is 3.11. The number of benzene rings is 2. The average molecular weight is 351 g/mol. The van der Waals surface area contributed by atoms with Crippen LogP contribution in [0.2, 0.25) is 0 Å². The van der Waals surface area contributed by atoms with Gasteiger partial charge in [0.25, 0.3) is 0 Å². The Labute approximate surface area is 131 Å². The summed E-state index contributed by atoms with van der Waals surface area (Å²) < 4.78 is 14.8. The molecule has 0 aliphatic heterocycles. The molecule has 0 saturated carbocycles. The summed E-state index contributed by atoms with van der Waals surface area (Å²) in [4.78, 5) is 11.0. The van der Waals surface area contributed by atoms with Gasteiger partial charge in [0.1, 0.15) is 5.82 Å². The summed E-state index contributed by atoms with van der Waals surface area (Å²) in [6.45, 7) is 3.93. The Kier molecular flexibility index (Phi) is 4.96. The van der Waals surface area contributed by atoms with Crippen molar-refractivity contribution in [2.24, 2.45) is 0 Å². The standard InChI is InChI=1S/C16H16BrFN2O/c1-10-7-12(3-5-14(10)17)9-19-16-8-13(20-11(2)21)4-6-15(16)18/h3-8,19H,9H2,1-2H3,(H,20,21). The zero-order valence-electron chi connectivity index (χ0n) is 11.8. The van der Waals surface area contributed by atoms with Crippen molar-refractivity contribution >= 4 is 33.2 Å². The summed E-state index contributed by atoms with van der Waals surface area (Å²) in [6.07, 6.45) is 0. The molecular weight excluding hydrogens is 335 g/mol. The van der Waals surface area contributed by atoms with Crippen LogP contribution in [-0.2, 0) is 11.3 Å². The molecular formula is C16H16BrFN2O. The van der Waals surface area contributed by atoms with E-state index < -0.39 is 0 Å². The third-order valence-electron chi connectivity index (χ3n) is 2.99. The van der Waals surface area contributed by atoms with Crippen LogP contribution in [-0.4, -0.2) is 5.91 Å². The third kappa shape index (κ3) is 4.29. The first kappa shape index (κ1) is 15.5. The van der Waals surface area contributed by atoms with Crippen molar-refractivity contribution in [1.29, 1.82) is 0 Å². The van der Waals surface area contributed by atoms with Crippen LogP contribution >= 0.6 is 15.9 Å². The van der Waals surface area contributed by atoms with E-state index in [-0.39, 0.29) is 11.7 Å². The highest BCUT2D eigenvalue weighted by molar-refractivity contribution is 9.10. The molecule has 2 N–H and O–H groups in total. The molecule has 21 heavy (non-hydrogen) atoms. The number of amides is 1. The largest absolute Gasteiger partial charge is 0.379 e. The van der Waals surface area contributed by atoms with Gasteiger partial charge in [0, 0.05) is 23.6 Å². The zero-order valence-corrected chi connectivity index (χ0v) is 13.4. The lowest BCUT2D eigenvalue weighted by molar-refractivity contribution is -0.114. The first-order valence-corrected chi connectivity index (χ1v) is 7.31. The molecule has 0 aromatic heterocycles. The van der Waals surface area contributed by atoms with Crippen LogP contribution in [0.15, 0.2) is 40.9 Å². The first-order chi connectivity index (χ1) is 9.95. The van der Waals surface area contributed by atoms with Gasteiger partial charge in [-0.15, -0.1) is 0 Å². The smallest absolute Gasteiger partial charge is 0.221 e. The van der Waals surface area contributed by atoms with Crippen molar-refractivity contribution < 1.29 is 9.18 Å². The number of anilines is 2. The second-order valence-corrected chi connectivity index (χ2v) is 5.67. The average Bonchev–Trinajstić information content (AvgIpc) is 2.42. The Hall–Kier alpha value is -1.88. The van der Waals surface area contributed by atoms with Crippen molar-refractivity contribution in [2.75, 3.05) is 10.6 Å². The van der Waals surface area contributed by atoms with Crippen molar-refractivity contribution in [3.63, 3.8) is 0 Å². The first-order valence-electron chi connectivity index (χ1n) is 6.52. The Balaban J connectivity index is 2.11. The summed E-state index contributed by atoms with van der Waals surface area (Å²) in [5, 5.41) is 5.68. The Morgan fingerprint density at radius 2 is 2.00 bits per heavy atom. The van der Waals surface area contributed by atoms with Crippen LogP contribution in [0.4, 0.5) is 15.8 Å². The van der Waals surface area contributed by atoms with Crippen LogP contribution < -0.4 is 10.6 Å². The maximum absolute atomic E-state index is 13.8. The molecule has 2 rings (SSSR count). The molecule has 0 aliphatic carbocycles. The minimum absolute atomic E-state index is 0.184. The minimum atomic E-state index is -0.349. The molecule has 1 amide bonds.